The lowest BCUT2D eigenvalue weighted by Crippen LogP contribution is -2.44. The molecule has 0 aromatic heterocycles. The van der Waals surface area contributed by atoms with Crippen molar-refractivity contribution >= 4 is 73.7 Å². The first-order chi connectivity index (χ1) is 12.3. The quantitative estimate of drug-likeness (QED) is 0.516. The lowest BCUT2D eigenvalue weighted by Gasteiger charge is -2.15. The zero-order valence-electron chi connectivity index (χ0n) is 12.9. The van der Waals surface area contributed by atoms with Gasteiger partial charge in [-0.3, -0.25) is 15.0 Å². The summed E-state index contributed by atoms with van der Waals surface area (Å²) in [5.41, 5.74) is 3.51. The Kier molecular flexibility index (Phi) is 5.67. The standard InChI is InChI=1S/C17H10BrClN2O3S2/c18-12-6-9(4-5-13(12)22)7-14-16(24)21(17(25)26-14)20-15(23)10-2-1-3-11(19)8-10/h1-8,22H,(H,20,23)/b14-7+. The number of phenols is 1. The lowest BCUT2D eigenvalue weighted by molar-refractivity contribution is -0.123. The number of thiocarbonyl (C=S) groups is 1. The van der Waals surface area contributed by atoms with Gasteiger partial charge >= 0.3 is 0 Å². The summed E-state index contributed by atoms with van der Waals surface area (Å²) < 4.78 is 0.727. The molecular formula is C17H10BrClN2O3S2. The molecule has 2 amide bonds. The molecule has 0 unspecified atom stereocenters. The molecule has 3 rings (SSSR count). The van der Waals surface area contributed by atoms with Crippen LogP contribution in [0.15, 0.2) is 51.8 Å². The van der Waals surface area contributed by atoms with Crippen LogP contribution >= 0.6 is 51.5 Å². The van der Waals surface area contributed by atoms with Crippen molar-refractivity contribution in [1.29, 1.82) is 0 Å². The Morgan fingerprint density at radius 3 is 2.77 bits per heavy atom. The van der Waals surface area contributed by atoms with Crippen LogP contribution in [0.5, 0.6) is 5.75 Å². The highest BCUT2D eigenvalue weighted by atomic mass is 79.9. The Hall–Kier alpha value is -1.87. The van der Waals surface area contributed by atoms with Crippen LogP contribution in [-0.4, -0.2) is 26.3 Å². The van der Waals surface area contributed by atoms with Crippen molar-refractivity contribution in [3.05, 3.63) is 68.0 Å². The fourth-order valence-electron chi connectivity index (χ4n) is 2.12. The Morgan fingerprint density at radius 1 is 1.31 bits per heavy atom. The third-order valence-corrected chi connectivity index (χ3v) is 5.54. The summed E-state index contributed by atoms with van der Waals surface area (Å²) >= 11 is 15.4. The first kappa shape index (κ1) is 18.9. The zero-order valence-corrected chi connectivity index (χ0v) is 16.9. The second-order valence-corrected chi connectivity index (χ2v) is 8.15. The molecule has 0 radical (unpaired) electrons. The monoisotopic (exact) mass is 468 g/mol. The molecule has 0 aliphatic carbocycles. The number of hydrazine groups is 1. The Bertz CT molecular complexity index is 965. The minimum absolute atomic E-state index is 0.100. The molecule has 0 bridgehead atoms. The van der Waals surface area contributed by atoms with Crippen LogP contribution in [0, 0.1) is 0 Å². The van der Waals surface area contributed by atoms with E-state index in [0.717, 1.165) is 16.8 Å². The summed E-state index contributed by atoms with van der Waals surface area (Å²) in [4.78, 5) is 25.2. The number of hydrogen-bond donors (Lipinski definition) is 2. The van der Waals surface area contributed by atoms with Gasteiger partial charge in [-0.2, -0.15) is 5.01 Å². The van der Waals surface area contributed by atoms with Crippen molar-refractivity contribution in [2.24, 2.45) is 0 Å². The number of aromatic hydroxyl groups is 1. The van der Waals surface area contributed by atoms with E-state index in [1.165, 1.54) is 12.1 Å². The highest BCUT2D eigenvalue weighted by Crippen LogP contribution is 2.33. The van der Waals surface area contributed by atoms with Gasteiger partial charge in [0.25, 0.3) is 11.8 Å². The number of nitrogens with zero attached hydrogens (tertiary/aromatic N) is 1. The smallest absolute Gasteiger partial charge is 0.285 e. The molecule has 2 N–H and O–H groups in total. The average molecular weight is 470 g/mol. The molecule has 0 spiro atoms. The Balaban J connectivity index is 1.79. The van der Waals surface area contributed by atoms with Crippen LogP contribution in [-0.2, 0) is 4.79 Å². The molecule has 1 fully saturated rings. The molecule has 1 heterocycles. The highest BCUT2D eigenvalue weighted by molar-refractivity contribution is 9.10. The first-order valence-corrected chi connectivity index (χ1v) is 9.58. The first-order valence-electron chi connectivity index (χ1n) is 7.18. The highest BCUT2D eigenvalue weighted by Gasteiger charge is 2.33. The Labute approximate surface area is 172 Å². The van der Waals surface area contributed by atoms with Crippen LogP contribution in [0.25, 0.3) is 6.08 Å². The number of amides is 2. The van der Waals surface area contributed by atoms with Gasteiger partial charge in [-0.25, -0.2) is 0 Å². The third kappa shape index (κ3) is 4.09. The minimum atomic E-state index is -0.488. The largest absolute Gasteiger partial charge is 0.507 e. The number of thioether (sulfide) groups is 1. The van der Waals surface area contributed by atoms with Gasteiger partial charge in [-0.05, 0) is 70.1 Å². The summed E-state index contributed by atoms with van der Waals surface area (Å²) in [5, 5.41) is 11.0. The fraction of sp³-hybridized carbons (Fsp3) is 0. The van der Waals surface area contributed by atoms with Crippen molar-refractivity contribution in [3.8, 4) is 5.75 Å². The number of carbonyl (C=O) groups excluding carboxylic acids is 2. The number of halogens is 2. The molecule has 0 atom stereocenters. The van der Waals surface area contributed by atoms with Gasteiger partial charge in [0.05, 0.1) is 9.38 Å². The minimum Gasteiger partial charge on any atom is -0.507 e. The van der Waals surface area contributed by atoms with E-state index < -0.39 is 11.8 Å². The lowest BCUT2D eigenvalue weighted by atomic mass is 10.2. The number of benzene rings is 2. The van der Waals surface area contributed by atoms with Crippen molar-refractivity contribution in [3.63, 3.8) is 0 Å². The van der Waals surface area contributed by atoms with E-state index in [2.05, 4.69) is 21.4 Å². The van der Waals surface area contributed by atoms with E-state index in [4.69, 9.17) is 23.8 Å². The van der Waals surface area contributed by atoms with E-state index in [0.29, 0.717) is 25.5 Å². The van der Waals surface area contributed by atoms with Gasteiger partial charge in [-0.15, -0.1) is 0 Å². The van der Waals surface area contributed by atoms with Gasteiger partial charge in [0.2, 0.25) is 0 Å². The number of phenolic OH excluding ortho intramolecular Hbond substituents is 1. The van der Waals surface area contributed by atoms with E-state index in [1.807, 2.05) is 0 Å². The fourth-order valence-corrected chi connectivity index (χ4v) is 3.89. The van der Waals surface area contributed by atoms with Gasteiger partial charge < -0.3 is 5.11 Å². The van der Waals surface area contributed by atoms with E-state index in [1.54, 1.807) is 36.4 Å². The van der Waals surface area contributed by atoms with Crippen LogP contribution in [0.1, 0.15) is 15.9 Å². The number of carbonyl (C=O) groups is 2. The second kappa shape index (κ2) is 7.79. The maximum atomic E-state index is 12.6. The van der Waals surface area contributed by atoms with E-state index in [-0.39, 0.29) is 10.1 Å². The average Bonchev–Trinajstić information content (AvgIpc) is 2.85. The number of rotatable bonds is 3. The maximum Gasteiger partial charge on any atom is 0.285 e. The molecular weight excluding hydrogens is 460 g/mol. The molecule has 9 heteroatoms. The summed E-state index contributed by atoms with van der Waals surface area (Å²) in [6, 6.07) is 11.2. The van der Waals surface area contributed by atoms with E-state index >= 15 is 0 Å². The van der Waals surface area contributed by atoms with Crippen molar-refractivity contribution in [1.82, 2.24) is 10.4 Å². The number of nitrogens with one attached hydrogen (secondary N) is 1. The van der Waals surface area contributed by atoms with Crippen LogP contribution in [0.3, 0.4) is 0 Å². The molecule has 0 saturated carbocycles. The summed E-state index contributed by atoms with van der Waals surface area (Å²) in [6.45, 7) is 0. The summed E-state index contributed by atoms with van der Waals surface area (Å²) in [5.74, 6) is -0.819. The Morgan fingerprint density at radius 2 is 2.08 bits per heavy atom. The summed E-state index contributed by atoms with van der Waals surface area (Å²) in [7, 11) is 0. The van der Waals surface area contributed by atoms with Gasteiger partial charge in [-0.1, -0.05) is 35.5 Å². The van der Waals surface area contributed by atoms with Crippen molar-refractivity contribution in [2.45, 2.75) is 0 Å². The molecule has 1 aliphatic heterocycles. The summed E-state index contributed by atoms with van der Waals surface area (Å²) in [6.07, 6.45) is 1.63. The zero-order chi connectivity index (χ0) is 18.8. The molecule has 1 saturated heterocycles. The molecule has 5 nitrogen and oxygen atoms in total. The van der Waals surface area contributed by atoms with Gasteiger partial charge in [0.15, 0.2) is 4.32 Å². The molecule has 26 heavy (non-hydrogen) atoms. The maximum absolute atomic E-state index is 12.6. The second-order valence-electron chi connectivity index (χ2n) is 5.18. The van der Waals surface area contributed by atoms with Crippen LogP contribution < -0.4 is 5.43 Å². The van der Waals surface area contributed by atoms with Crippen molar-refractivity contribution < 1.29 is 14.7 Å². The predicted molar refractivity (Wildman–Crippen MR) is 110 cm³/mol. The molecule has 2 aromatic carbocycles. The van der Waals surface area contributed by atoms with Gasteiger partial charge in [0.1, 0.15) is 5.75 Å². The molecule has 132 valence electrons. The van der Waals surface area contributed by atoms with Crippen LogP contribution in [0.4, 0.5) is 0 Å². The van der Waals surface area contributed by atoms with Crippen molar-refractivity contribution in [2.75, 3.05) is 0 Å². The normalized spacial score (nSPS) is 15.6. The predicted octanol–water partition coefficient (Wildman–Crippen LogP) is 4.35. The van der Waals surface area contributed by atoms with Gasteiger partial charge in [0, 0.05) is 10.6 Å². The molecule has 1 aliphatic rings. The third-order valence-electron chi connectivity index (χ3n) is 3.36. The topological polar surface area (TPSA) is 69.6 Å². The van der Waals surface area contributed by atoms with Crippen LogP contribution in [0.2, 0.25) is 5.02 Å². The molecule has 2 aromatic rings. The number of hydrogen-bond acceptors (Lipinski definition) is 5. The SMILES string of the molecule is O=C(NN1C(=O)/C(=C\c2ccc(O)c(Br)c2)SC1=S)c1cccc(Cl)c1. The van der Waals surface area contributed by atoms with E-state index in [9.17, 15) is 14.7 Å².